The number of ether oxygens (including phenoxy) is 1. The second-order valence-corrected chi connectivity index (χ2v) is 8.41. The van der Waals surface area contributed by atoms with E-state index in [1.807, 2.05) is 19.9 Å². The molecular weight excluding hydrogens is 388 g/mol. The van der Waals surface area contributed by atoms with E-state index in [0.717, 1.165) is 23.4 Å². The number of piperidine rings is 1. The van der Waals surface area contributed by atoms with Gasteiger partial charge in [0, 0.05) is 19.0 Å². The maximum atomic E-state index is 13.1. The van der Waals surface area contributed by atoms with Crippen molar-refractivity contribution in [3.05, 3.63) is 34.9 Å². The number of fused-ring (bicyclic) bond motifs is 1. The van der Waals surface area contributed by atoms with Gasteiger partial charge in [-0.3, -0.25) is 34.7 Å². The summed E-state index contributed by atoms with van der Waals surface area (Å²) in [4.78, 5) is 50.5. The predicted octanol–water partition coefficient (Wildman–Crippen LogP) is 0.292. The fraction of sp³-hybridized carbons (Fsp3) is 0.524. The van der Waals surface area contributed by atoms with Gasteiger partial charge in [-0.25, -0.2) is 0 Å². The van der Waals surface area contributed by atoms with Crippen LogP contribution in [0.3, 0.4) is 0 Å². The molecule has 1 unspecified atom stereocenters. The summed E-state index contributed by atoms with van der Waals surface area (Å²) in [5.74, 6) is -1.95. The van der Waals surface area contributed by atoms with Crippen molar-refractivity contribution in [2.24, 2.45) is 0 Å². The summed E-state index contributed by atoms with van der Waals surface area (Å²) in [5.41, 5.74) is 1.05. The minimum absolute atomic E-state index is 0.105. The minimum Gasteiger partial charge on any atom is -0.360 e. The summed E-state index contributed by atoms with van der Waals surface area (Å²) < 4.78 is 5.66. The molecule has 3 aliphatic rings. The quantitative estimate of drug-likeness (QED) is 0.453. The molecule has 30 heavy (non-hydrogen) atoms. The molecule has 0 aromatic heterocycles. The van der Waals surface area contributed by atoms with Crippen molar-refractivity contribution in [2.75, 3.05) is 13.2 Å². The van der Waals surface area contributed by atoms with Gasteiger partial charge in [0.15, 0.2) is 0 Å². The molecule has 2 atom stereocenters. The first kappa shape index (κ1) is 20.6. The zero-order chi connectivity index (χ0) is 21.5. The second kappa shape index (κ2) is 7.90. The predicted molar refractivity (Wildman–Crippen MR) is 106 cm³/mol. The van der Waals surface area contributed by atoms with E-state index >= 15 is 0 Å². The van der Waals surface area contributed by atoms with Crippen LogP contribution >= 0.6 is 0 Å². The molecule has 2 saturated heterocycles. The molecule has 4 rings (SSSR count). The molecule has 0 radical (unpaired) electrons. The van der Waals surface area contributed by atoms with Crippen LogP contribution in [0.15, 0.2) is 18.2 Å². The molecule has 2 fully saturated rings. The number of rotatable bonds is 6. The van der Waals surface area contributed by atoms with Gasteiger partial charge in [0.2, 0.25) is 11.8 Å². The summed E-state index contributed by atoms with van der Waals surface area (Å²) >= 11 is 0. The van der Waals surface area contributed by atoms with E-state index < -0.39 is 23.8 Å². The number of hydrogen-bond donors (Lipinski definition) is 3. The zero-order valence-electron chi connectivity index (χ0n) is 17.1. The standard InChI is InChI=1S/C21H26N4O5/c1-21(2)24-13(11-30-21)8-9-22-10-12-4-3-5-14-17(12)20(29)25(19(14)28)15-6-7-16(26)23-18(15)27/h3-5,13,15,22,24H,6-11H2,1-2H3,(H,23,26,27)/t13-,15?/m0/s1. The fourth-order valence-electron chi connectivity index (χ4n) is 4.27. The SMILES string of the molecule is CC1(C)N[C@@H](CCNCc2cccc3c2C(=O)N(C2CCC(=O)NC2=O)C3=O)CO1. The number of carbonyl (C=O) groups excluding carboxylic acids is 4. The highest BCUT2D eigenvalue weighted by Crippen LogP contribution is 2.30. The monoisotopic (exact) mass is 414 g/mol. The largest absolute Gasteiger partial charge is 0.360 e. The fourth-order valence-corrected chi connectivity index (χ4v) is 4.27. The molecule has 3 aliphatic heterocycles. The Morgan fingerprint density at radius 3 is 2.70 bits per heavy atom. The average molecular weight is 414 g/mol. The number of imide groups is 2. The van der Waals surface area contributed by atoms with E-state index in [0.29, 0.717) is 24.3 Å². The molecule has 1 aromatic carbocycles. The minimum atomic E-state index is -0.951. The van der Waals surface area contributed by atoms with Crippen molar-refractivity contribution in [1.29, 1.82) is 0 Å². The van der Waals surface area contributed by atoms with Crippen LogP contribution < -0.4 is 16.0 Å². The van der Waals surface area contributed by atoms with Crippen molar-refractivity contribution in [3.63, 3.8) is 0 Å². The highest BCUT2D eigenvalue weighted by atomic mass is 16.5. The Balaban J connectivity index is 1.42. The highest BCUT2D eigenvalue weighted by molar-refractivity contribution is 6.24. The molecule has 0 saturated carbocycles. The Bertz CT molecular complexity index is 913. The second-order valence-electron chi connectivity index (χ2n) is 8.41. The smallest absolute Gasteiger partial charge is 0.262 e. The lowest BCUT2D eigenvalue weighted by Crippen LogP contribution is -2.54. The molecule has 0 bridgehead atoms. The van der Waals surface area contributed by atoms with E-state index in [4.69, 9.17) is 4.74 Å². The number of nitrogens with one attached hydrogen (secondary N) is 3. The summed E-state index contributed by atoms with van der Waals surface area (Å²) in [6.45, 7) is 5.79. The Morgan fingerprint density at radius 2 is 2.00 bits per heavy atom. The van der Waals surface area contributed by atoms with Crippen molar-refractivity contribution in [3.8, 4) is 0 Å². The molecule has 4 amide bonds. The lowest BCUT2D eigenvalue weighted by molar-refractivity contribution is -0.136. The topological polar surface area (TPSA) is 117 Å². The Hall–Kier alpha value is -2.62. The van der Waals surface area contributed by atoms with E-state index in [2.05, 4.69) is 16.0 Å². The maximum absolute atomic E-state index is 13.1. The van der Waals surface area contributed by atoms with Gasteiger partial charge >= 0.3 is 0 Å². The van der Waals surface area contributed by atoms with Gasteiger partial charge in [-0.15, -0.1) is 0 Å². The number of amides is 4. The first-order valence-electron chi connectivity index (χ1n) is 10.2. The van der Waals surface area contributed by atoms with Gasteiger partial charge in [0.1, 0.15) is 11.8 Å². The molecule has 0 aliphatic carbocycles. The van der Waals surface area contributed by atoms with E-state index in [1.165, 1.54) is 0 Å². The van der Waals surface area contributed by atoms with Crippen LogP contribution in [0.2, 0.25) is 0 Å². The van der Waals surface area contributed by atoms with Gasteiger partial charge < -0.3 is 10.1 Å². The number of carbonyl (C=O) groups is 4. The van der Waals surface area contributed by atoms with Crippen molar-refractivity contribution >= 4 is 23.6 Å². The van der Waals surface area contributed by atoms with Crippen LogP contribution in [0.25, 0.3) is 0 Å². The number of hydrogen-bond acceptors (Lipinski definition) is 7. The van der Waals surface area contributed by atoms with Gasteiger partial charge in [-0.1, -0.05) is 12.1 Å². The van der Waals surface area contributed by atoms with Gasteiger partial charge in [0.25, 0.3) is 11.8 Å². The molecule has 9 nitrogen and oxygen atoms in total. The first-order valence-corrected chi connectivity index (χ1v) is 10.2. The van der Waals surface area contributed by atoms with Crippen LogP contribution in [-0.4, -0.2) is 59.5 Å². The molecule has 160 valence electrons. The summed E-state index contributed by atoms with van der Waals surface area (Å²) in [7, 11) is 0. The van der Waals surface area contributed by atoms with E-state index in [1.54, 1.807) is 12.1 Å². The molecule has 9 heteroatoms. The highest BCUT2D eigenvalue weighted by Gasteiger charge is 2.45. The number of nitrogens with zero attached hydrogens (tertiary/aromatic N) is 1. The maximum Gasteiger partial charge on any atom is 0.262 e. The molecule has 1 aromatic rings. The van der Waals surface area contributed by atoms with Crippen LogP contribution in [0.1, 0.15) is 59.4 Å². The molecule has 3 N–H and O–H groups in total. The van der Waals surface area contributed by atoms with Crippen LogP contribution in [0.5, 0.6) is 0 Å². The van der Waals surface area contributed by atoms with Crippen LogP contribution in [-0.2, 0) is 20.9 Å². The lowest BCUT2D eigenvalue weighted by Gasteiger charge is -2.27. The summed E-state index contributed by atoms with van der Waals surface area (Å²) in [6.07, 6.45) is 1.12. The third kappa shape index (κ3) is 3.88. The third-order valence-electron chi connectivity index (χ3n) is 5.74. The van der Waals surface area contributed by atoms with E-state index in [-0.39, 0.29) is 30.5 Å². The first-order chi connectivity index (χ1) is 14.3. The van der Waals surface area contributed by atoms with Crippen molar-refractivity contribution in [1.82, 2.24) is 20.9 Å². The zero-order valence-corrected chi connectivity index (χ0v) is 17.1. The third-order valence-corrected chi connectivity index (χ3v) is 5.74. The van der Waals surface area contributed by atoms with Gasteiger partial charge in [-0.2, -0.15) is 0 Å². The van der Waals surface area contributed by atoms with Crippen molar-refractivity contribution < 1.29 is 23.9 Å². The normalized spacial score (nSPS) is 25.6. The Kier molecular flexibility index (Phi) is 5.44. The Labute approximate surface area is 174 Å². The molecule has 3 heterocycles. The summed E-state index contributed by atoms with van der Waals surface area (Å²) in [6, 6.07) is 4.47. The number of benzene rings is 1. The average Bonchev–Trinajstić information content (AvgIpc) is 3.16. The van der Waals surface area contributed by atoms with Crippen LogP contribution in [0.4, 0.5) is 0 Å². The summed E-state index contributed by atoms with van der Waals surface area (Å²) in [5, 5.41) is 8.94. The molecule has 0 spiro atoms. The van der Waals surface area contributed by atoms with Crippen molar-refractivity contribution in [2.45, 2.75) is 57.5 Å². The van der Waals surface area contributed by atoms with Crippen LogP contribution in [0, 0.1) is 0 Å². The molecular formula is C21H26N4O5. The Morgan fingerprint density at radius 1 is 1.20 bits per heavy atom. The van der Waals surface area contributed by atoms with Gasteiger partial charge in [-0.05, 0) is 44.9 Å². The van der Waals surface area contributed by atoms with E-state index in [9.17, 15) is 19.2 Å². The van der Waals surface area contributed by atoms with Gasteiger partial charge in [0.05, 0.1) is 17.7 Å². The lowest BCUT2D eigenvalue weighted by atomic mass is 10.0.